The van der Waals surface area contributed by atoms with Crippen molar-refractivity contribution in [1.82, 2.24) is 0 Å². The van der Waals surface area contributed by atoms with E-state index in [-0.39, 0.29) is 33.8 Å². The number of hydrogen-bond donors (Lipinski definition) is 7. The van der Waals surface area contributed by atoms with E-state index in [9.17, 15) is 45.3 Å². The van der Waals surface area contributed by atoms with Crippen molar-refractivity contribution in [1.29, 1.82) is 0 Å². The highest BCUT2D eigenvalue weighted by molar-refractivity contribution is 5.88. The van der Waals surface area contributed by atoms with Crippen LogP contribution in [-0.2, 0) is 14.3 Å². The summed E-state index contributed by atoms with van der Waals surface area (Å²) in [7, 11) is 0. The molecule has 1 aliphatic heterocycles. The quantitative estimate of drug-likeness (QED) is 0.120. The van der Waals surface area contributed by atoms with Crippen LogP contribution in [0.2, 0.25) is 0 Å². The van der Waals surface area contributed by atoms with Gasteiger partial charge in [-0.25, -0.2) is 4.79 Å². The van der Waals surface area contributed by atoms with Gasteiger partial charge in [0, 0.05) is 23.8 Å². The molecule has 4 aromatic rings. The number of aliphatic hydroxyl groups excluding tert-OH is 3. The van der Waals surface area contributed by atoms with Crippen molar-refractivity contribution in [2.45, 2.75) is 30.7 Å². The average Bonchev–Trinajstić information content (AvgIpc) is 2.97. The van der Waals surface area contributed by atoms with Crippen LogP contribution in [0.25, 0.3) is 28.4 Å². The molecule has 5 rings (SSSR count). The van der Waals surface area contributed by atoms with Crippen molar-refractivity contribution >= 4 is 23.0 Å². The van der Waals surface area contributed by atoms with Crippen LogP contribution in [0.1, 0.15) is 5.56 Å². The normalized spacial score (nSPS) is 22.1. The Labute approximate surface area is 242 Å². The second kappa shape index (κ2) is 12.0. The number of carbonyl (C=O) groups is 1. The number of benzene rings is 3. The van der Waals surface area contributed by atoms with Crippen molar-refractivity contribution in [3.05, 3.63) is 82.5 Å². The Morgan fingerprint density at radius 3 is 2.16 bits per heavy atom. The van der Waals surface area contributed by atoms with Crippen molar-refractivity contribution in [2.24, 2.45) is 0 Å². The van der Waals surface area contributed by atoms with Gasteiger partial charge in [0.15, 0.2) is 5.76 Å². The van der Waals surface area contributed by atoms with E-state index in [1.165, 1.54) is 42.5 Å². The first-order valence-corrected chi connectivity index (χ1v) is 12.8. The summed E-state index contributed by atoms with van der Waals surface area (Å²) in [5.74, 6) is -2.70. The zero-order valence-electron chi connectivity index (χ0n) is 22.1. The summed E-state index contributed by atoms with van der Waals surface area (Å²) < 4.78 is 22.2. The van der Waals surface area contributed by atoms with Crippen molar-refractivity contribution in [2.75, 3.05) is 6.61 Å². The van der Waals surface area contributed by atoms with E-state index < -0.39 is 66.0 Å². The molecule has 5 atom stereocenters. The number of aromatic hydroxyl groups is 4. The van der Waals surface area contributed by atoms with Crippen LogP contribution >= 0.6 is 0 Å². The van der Waals surface area contributed by atoms with Crippen LogP contribution in [0.15, 0.2) is 76.0 Å². The molecule has 43 heavy (non-hydrogen) atoms. The molecule has 0 aliphatic carbocycles. The molecule has 0 amide bonds. The molecule has 2 heterocycles. The summed E-state index contributed by atoms with van der Waals surface area (Å²) in [5.41, 5.74) is -0.328. The minimum Gasteiger partial charge on any atom is -0.508 e. The van der Waals surface area contributed by atoms with Gasteiger partial charge in [0.05, 0.1) is 0 Å². The fourth-order valence-electron chi connectivity index (χ4n) is 4.41. The number of hydrogen-bond acceptors (Lipinski definition) is 13. The Balaban J connectivity index is 1.42. The zero-order valence-corrected chi connectivity index (χ0v) is 22.1. The molecule has 1 saturated heterocycles. The number of esters is 1. The van der Waals surface area contributed by atoms with Gasteiger partial charge in [0.2, 0.25) is 17.5 Å². The zero-order chi connectivity index (χ0) is 30.8. The van der Waals surface area contributed by atoms with E-state index in [2.05, 4.69) is 0 Å². The molecule has 13 heteroatoms. The van der Waals surface area contributed by atoms with E-state index >= 15 is 0 Å². The van der Waals surface area contributed by atoms with Gasteiger partial charge in [-0.2, -0.15) is 0 Å². The lowest BCUT2D eigenvalue weighted by Gasteiger charge is -2.39. The van der Waals surface area contributed by atoms with E-state index in [1.54, 1.807) is 12.1 Å². The molecule has 0 saturated carbocycles. The second-order valence-corrected chi connectivity index (χ2v) is 9.66. The highest BCUT2D eigenvalue weighted by Gasteiger charge is 2.46. The molecule has 13 nitrogen and oxygen atoms in total. The Kier molecular flexibility index (Phi) is 8.23. The number of phenols is 4. The molecule has 224 valence electrons. The first-order valence-electron chi connectivity index (χ1n) is 12.8. The molecule has 1 aromatic heterocycles. The van der Waals surface area contributed by atoms with E-state index in [0.29, 0.717) is 5.56 Å². The predicted octanol–water partition coefficient (Wildman–Crippen LogP) is 1.73. The van der Waals surface area contributed by atoms with Crippen molar-refractivity contribution < 1.29 is 59.2 Å². The molecule has 1 aliphatic rings. The number of aliphatic hydroxyl groups is 3. The van der Waals surface area contributed by atoms with Gasteiger partial charge in [-0.15, -0.1) is 0 Å². The topological polar surface area (TPSA) is 217 Å². The summed E-state index contributed by atoms with van der Waals surface area (Å²) in [4.78, 5) is 25.8. The fourth-order valence-corrected chi connectivity index (χ4v) is 4.41. The first kappa shape index (κ1) is 29.4. The van der Waals surface area contributed by atoms with Crippen LogP contribution in [-0.4, -0.2) is 79.0 Å². The molecule has 1 fully saturated rings. The minimum atomic E-state index is -1.90. The highest BCUT2D eigenvalue weighted by atomic mass is 16.7. The Morgan fingerprint density at radius 2 is 1.49 bits per heavy atom. The molecule has 0 radical (unpaired) electrons. The van der Waals surface area contributed by atoms with Gasteiger partial charge in [0.1, 0.15) is 65.0 Å². The Bertz CT molecular complexity index is 1710. The maximum atomic E-state index is 13.5. The molecular formula is C30H26O13. The number of fused-ring (bicyclic) bond motifs is 1. The standard InChI is InChI=1S/C30H26O13/c31-16-6-1-14(2-7-16)3-10-22(35)40-13-21-24(36)26(38)27(39)30(42-21)43-29-25(37)23-19(34)11-18(33)12-20(23)41-28(29)15-4-8-17(32)9-5-15/h1-12,21,24,26-27,30-34,36,38-39H,13H2/b10-3+/t21-,24-,26+,27?,30-/m1/s1. The highest BCUT2D eigenvalue weighted by Crippen LogP contribution is 2.37. The van der Waals surface area contributed by atoms with E-state index in [0.717, 1.165) is 18.2 Å². The number of ether oxygens (including phenoxy) is 3. The van der Waals surface area contributed by atoms with Crippen LogP contribution in [0.5, 0.6) is 28.7 Å². The van der Waals surface area contributed by atoms with Crippen LogP contribution in [0.3, 0.4) is 0 Å². The number of rotatable bonds is 7. The monoisotopic (exact) mass is 594 g/mol. The molecule has 7 N–H and O–H groups in total. The maximum absolute atomic E-state index is 13.5. The predicted molar refractivity (Wildman–Crippen MR) is 148 cm³/mol. The van der Waals surface area contributed by atoms with Crippen LogP contribution in [0.4, 0.5) is 0 Å². The molecule has 0 spiro atoms. The second-order valence-electron chi connectivity index (χ2n) is 9.66. The third-order valence-corrected chi connectivity index (χ3v) is 6.64. The maximum Gasteiger partial charge on any atom is 0.330 e. The van der Waals surface area contributed by atoms with E-state index in [4.69, 9.17) is 18.6 Å². The molecule has 3 aromatic carbocycles. The lowest BCUT2D eigenvalue weighted by molar-refractivity contribution is -0.278. The van der Waals surface area contributed by atoms with Gasteiger partial charge < -0.3 is 54.4 Å². The molecular weight excluding hydrogens is 568 g/mol. The van der Waals surface area contributed by atoms with Crippen LogP contribution in [0, 0.1) is 0 Å². The lowest BCUT2D eigenvalue weighted by atomic mass is 9.99. The summed E-state index contributed by atoms with van der Waals surface area (Å²) in [6, 6.07) is 13.4. The van der Waals surface area contributed by atoms with Gasteiger partial charge in [-0.05, 0) is 48.0 Å². The Hall–Kier alpha value is -5.08. The van der Waals surface area contributed by atoms with Gasteiger partial charge in [-0.3, -0.25) is 4.79 Å². The largest absolute Gasteiger partial charge is 0.508 e. The van der Waals surface area contributed by atoms with Crippen LogP contribution < -0.4 is 10.2 Å². The summed E-state index contributed by atoms with van der Waals surface area (Å²) >= 11 is 0. The van der Waals surface area contributed by atoms with Gasteiger partial charge >= 0.3 is 5.97 Å². The average molecular weight is 595 g/mol. The third-order valence-electron chi connectivity index (χ3n) is 6.64. The number of carbonyl (C=O) groups excluding carboxylic acids is 1. The number of phenolic OH excluding ortho intramolecular Hbond substituents is 4. The molecule has 0 bridgehead atoms. The summed E-state index contributed by atoms with van der Waals surface area (Å²) in [6.45, 7) is -0.583. The minimum absolute atomic E-state index is 0.0495. The van der Waals surface area contributed by atoms with Gasteiger partial charge in [-0.1, -0.05) is 12.1 Å². The first-order chi connectivity index (χ1) is 20.5. The summed E-state index contributed by atoms with van der Waals surface area (Å²) in [5, 5.41) is 70.6. The van der Waals surface area contributed by atoms with Crippen molar-refractivity contribution in [3.8, 4) is 40.1 Å². The SMILES string of the molecule is O=C(/C=C/c1ccc(O)cc1)OC[C@H]1O[C@H](Oc2c(-c3ccc(O)cc3)oc3cc(O)cc(O)c3c2=O)C(O)[C@@H](O)[C@@H]1O. The van der Waals surface area contributed by atoms with Crippen molar-refractivity contribution in [3.63, 3.8) is 0 Å². The molecule has 1 unspecified atom stereocenters. The fraction of sp³-hybridized carbons (Fsp3) is 0.200. The smallest absolute Gasteiger partial charge is 0.330 e. The Morgan fingerprint density at radius 1 is 0.837 bits per heavy atom. The summed E-state index contributed by atoms with van der Waals surface area (Å²) in [6.07, 6.45) is -6.17. The van der Waals surface area contributed by atoms with E-state index in [1.807, 2.05) is 0 Å². The lowest BCUT2D eigenvalue weighted by Crippen LogP contribution is -2.60. The third kappa shape index (κ3) is 6.24. The van der Waals surface area contributed by atoms with Gasteiger partial charge in [0.25, 0.3) is 0 Å².